The van der Waals surface area contributed by atoms with Crippen LogP contribution in [0, 0.1) is 0 Å². The van der Waals surface area contributed by atoms with Gasteiger partial charge < -0.3 is 5.11 Å². The van der Waals surface area contributed by atoms with Gasteiger partial charge in [-0.25, -0.2) is 4.79 Å². The Morgan fingerprint density at radius 2 is 1.82 bits per heavy atom. The molecule has 0 heterocycles. The van der Waals surface area contributed by atoms with Crippen LogP contribution in [0.5, 0.6) is 0 Å². The van der Waals surface area contributed by atoms with Crippen LogP contribution in [0.3, 0.4) is 0 Å². The number of hydrogen-bond donors (Lipinski definition) is 1. The number of ketones is 1. The molecule has 0 fully saturated rings. The lowest BCUT2D eigenvalue weighted by Gasteiger charge is -1.97. The molecule has 1 atom stereocenters. The van der Waals surface area contributed by atoms with Gasteiger partial charge in [0.1, 0.15) is 0 Å². The van der Waals surface area contributed by atoms with E-state index < -0.39 is 16.6 Å². The average molecular weight is 225 g/mol. The van der Waals surface area contributed by atoms with Gasteiger partial charge in [0.2, 0.25) is 0 Å². The number of halogens is 1. The lowest BCUT2D eigenvalue weighted by Crippen LogP contribution is -2.22. The number of rotatable bonds is 3. The molecule has 66 valence electrons. The van der Waals surface area contributed by atoms with Gasteiger partial charge in [0.05, 0.1) is 4.83 Å². The Balaban J connectivity index is 0. The fourth-order valence-electron chi connectivity index (χ4n) is 0.319. The maximum absolute atomic E-state index is 10.4. The minimum Gasteiger partial charge on any atom is -0.475 e. The number of hydrogen-bond acceptors (Lipinski definition) is 2. The van der Waals surface area contributed by atoms with E-state index in [2.05, 4.69) is 15.9 Å². The Bertz CT molecular complexity index is 134. The van der Waals surface area contributed by atoms with E-state index in [-0.39, 0.29) is 0 Å². The minimum atomic E-state index is -1.38. The van der Waals surface area contributed by atoms with Crippen LogP contribution < -0.4 is 0 Å². The van der Waals surface area contributed by atoms with Gasteiger partial charge in [-0.15, -0.1) is 0 Å². The summed E-state index contributed by atoms with van der Waals surface area (Å²) in [4.78, 5) is 19.8. The Kier molecular flexibility index (Phi) is 9.29. The van der Waals surface area contributed by atoms with Crippen LogP contribution in [0.4, 0.5) is 0 Å². The number of aliphatic carboxylic acids is 1. The molecular weight excluding hydrogens is 212 g/mol. The zero-order valence-electron chi connectivity index (χ0n) is 6.93. The van der Waals surface area contributed by atoms with Crippen molar-refractivity contribution in [2.75, 3.05) is 0 Å². The smallest absolute Gasteiger partial charge is 0.373 e. The highest BCUT2D eigenvalue weighted by Crippen LogP contribution is 2.04. The number of Topliss-reactive ketones (excluding diaryl/α,β-unsaturated/α-hetero) is 1. The predicted molar refractivity (Wildman–Crippen MR) is 47.0 cm³/mol. The predicted octanol–water partition coefficient (Wildman–Crippen LogP) is 1.84. The summed E-state index contributed by atoms with van der Waals surface area (Å²) in [6.45, 7) is 5.74. The van der Waals surface area contributed by atoms with Gasteiger partial charge in [-0.3, -0.25) is 4.79 Å². The van der Waals surface area contributed by atoms with Gasteiger partial charge in [-0.1, -0.05) is 36.7 Å². The van der Waals surface area contributed by atoms with Crippen LogP contribution in [-0.4, -0.2) is 21.7 Å². The molecule has 3 nitrogen and oxygen atoms in total. The lowest BCUT2D eigenvalue weighted by molar-refractivity contribution is -0.148. The third-order valence-electron chi connectivity index (χ3n) is 0.854. The molecule has 0 saturated carbocycles. The molecule has 1 unspecified atom stereocenters. The van der Waals surface area contributed by atoms with Crippen molar-refractivity contribution >= 4 is 27.7 Å². The van der Waals surface area contributed by atoms with E-state index in [1.54, 1.807) is 6.92 Å². The molecule has 0 aromatic heterocycles. The molecule has 0 aromatic carbocycles. The fraction of sp³-hybridized carbons (Fsp3) is 0.714. The fourth-order valence-corrected chi connectivity index (χ4v) is 0.515. The van der Waals surface area contributed by atoms with Crippen LogP contribution >= 0.6 is 15.9 Å². The first-order valence-electron chi connectivity index (χ1n) is 3.50. The first-order chi connectivity index (χ1) is 5.09. The minimum absolute atomic E-state index is 0.505. The summed E-state index contributed by atoms with van der Waals surface area (Å²) in [5.41, 5.74) is 0. The van der Waals surface area contributed by atoms with Crippen molar-refractivity contribution in [2.24, 2.45) is 0 Å². The topological polar surface area (TPSA) is 54.4 Å². The van der Waals surface area contributed by atoms with Gasteiger partial charge in [0.15, 0.2) is 0 Å². The standard InChI is InChI=1S/C5H7BrO3.C2H6/c1-2-3(6)4(7)5(8)9;1-2/h3H,2H2,1H3,(H,8,9);1-2H3. The summed E-state index contributed by atoms with van der Waals surface area (Å²) < 4.78 is 0. The van der Waals surface area contributed by atoms with Crippen LogP contribution in [0.1, 0.15) is 27.2 Å². The van der Waals surface area contributed by atoms with E-state index in [4.69, 9.17) is 5.11 Å². The van der Waals surface area contributed by atoms with Gasteiger partial charge in [0, 0.05) is 0 Å². The van der Waals surface area contributed by atoms with Crippen LogP contribution in [-0.2, 0) is 9.59 Å². The second kappa shape index (κ2) is 7.72. The van der Waals surface area contributed by atoms with Crippen molar-refractivity contribution in [3.05, 3.63) is 0 Å². The molecule has 0 aliphatic heterocycles. The summed E-state index contributed by atoms with van der Waals surface area (Å²) in [5, 5.41) is 8.10. The Labute approximate surface area is 74.9 Å². The molecule has 0 aliphatic carbocycles. The van der Waals surface area contributed by atoms with Gasteiger partial charge in [-0.2, -0.15) is 0 Å². The number of carbonyl (C=O) groups is 2. The second-order valence-electron chi connectivity index (χ2n) is 1.55. The van der Waals surface area contributed by atoms with Crippen molar-refractivity contribution in [3.63, 3.8) is 0 Å². The van der Waals surface area contributed by atoms with Crippen molar-refractivity contribution in [3.8, 4) is 0 Å². The molecule has 0 spiro atoms. The van der Waals surface area contributed by atoms with Crippen LogP contribution in [0.15, 0.2) is 0 Å². The highest BCUT2D eigenvalue weighted by atomic mass is 79.9. The Hall–Kier alpha value is -0.380. The molecule has 0 radical (unpaired) electrons. The molecule has 11 heavy (non-hydrogen) atoms. The zero-order chi connectivity index (χ0) is 9.44. The number of alkyl halides is 1. The molecule has 0 amide bonds. The quantitative estimate of drug-likeness (QED) is 0.588. The molecule has 0 bridgehead atoms. The second-order valence-corrected chi connectivity index (χ2v) is 2.65. The highest BCUT2D eigenvalue weighted by Gasteiger charge is 2.19. The molecule has 0 aromatic rings. The number of carboxylic acids is 1. The van der Waals surface area contributed by atoms with E-state index in [1.165, 1.54) is 0 Å². The normalized spacial score (nSPS) is 10.9. The van der Waals surface area contributed by atoms with Gasteiger partial charge >= 0.3 is 5.97 Å². The maximum Gasteiger partial charge on any atom is 0.373 e. The molecule has 0 rings (SSSR count). The SMILES string of the molecule is CC.CCC(Br)C(=O)C(=O)O. The number of carboxylic acid groups (broad SMARTS) is 1. The van der Waals surface area contributed by atoms with E-state index in [1.807, 2.05) is 13.8 Å². The summed E-state index contributed by atoms with van der Waals surface area (Å²) in [7, 11) is 0. The van der Waals surface area contributed by atoms with E-state index in [9.17, 15) is 9.59 Å². The molecule has 4 heteroatoms. The van der Waals surface area contributed by atoms with Gasteiger partial charge in [0.25, 0.3) is 5.78 Å². The molecule has 0 aliphatic rings. The third kappa shape index (κ3) is 6.04. The lowest BCUT2D eigenvalue weighted by atomic mass is 10.2. The molecular formula is C7H13BrO3. The summed E-state index contributed by atoms with van der Waals surface area (Å²) in [5.74, 6) is -2.16. The monoisotopic (exact) mass is 224 g/mol. The largest absolute Gasteiger partial charge is 0.475 e. The Morgan fingerprint density at radius 1 is 1.45 bits per heavy atom. The summed E-state index contributed by atoms with van der Waals surface area (Å²) in [6.07, 6.45) is 0.505. The Morgan fingerprint density at radius 3 is 1.91 bits per heavy atom. The maximum atomic E-state index is 10.4. The zero-order valence-corrected chi connectivity index (χ0v) is 8.51. The van der Waals surface area contributed by atoms with E-state index >= 15 is 0 Å². The van der Waals surface area contributed by atoms with Crippen molar-refractivity contribution in [1.29, 1.82) is 0 Å². The van der Waals surface area contributed by atoms with Gasteiger partial charge in [-0.05, 0) is 6.42 Å². The van der Waals surface area contributed by atoms with Crippen molar-refractivity contribution < 1.29 is 14.7 Å². The van der Waals surface area contributed by atoms with E-state index in [0.29, 0.717) is 6.42 Å². The van der Waals surface area contributed by atoms with Crippen LogP contribution in [0.25, 0.3) is 0 Å². The first kappa shape index (κ1) is 13.2. The molecule has 1 N–H and O–H groups in total. The number of carbonyl (C=O) groups excluding carboxylic acids is 1. The highest BCUT2D eigenvalue weighted by molar-refractivity contribution is 9.10. The third-order valence-corrected chi connectivity index (χ3v) is 1.92. The summed E-state index contributed by atoms with van der Waals surface area (Å²) >= 11 is 2.91. The van der Waals surface area contributed by atoms with Crippen molar-refractivity contribution in [2.45, 2.75) is 32.0 Å². The molecule has 0 saturated heterocycles. The first-order valence-corrected chi connectivity index (χ1v) is 4.42. The van der Waals surface area contributed by atoms with Crippen LogP contribution in [0.2, 0.25) is 0 Å². The average Bonchev–Trinajstić information content (AvgIpc) is 2.05. The van der Waals surface area contributed by atoms with E-state index in [0.717, 1.165) is 0 Å². The van der Waals surface area contributed by atoms with Crippen molar-refractivity contribution in [1.82, 2.24) is 0 Å². The summed E-state index contributed by atoms with van der Waals surface area (Å²) in [6, 6.07) is 0.